The maximum Gasteiger partial charge on any atom is 0.239 e. The van der Waals surface area contributed by atoms with Gasteiger partial charge in [-0.1, -0.05) is 5.16 Å². The average molecular weight is 308 g/mol. The molecular weight excluding hydrogens is 284 g/mol. The molecule has 0 spiro atoms. The lowest BCUT2D eigenvalue weighted by Gasteiger charge is -2.32. The van der Waals surface area contributed by atoms with Crippen LogP contribution in [-0.2, 0) is 9.59 Å². The van der Waals surface area contributed by atoms with Gasteiger partial charge >= 0.3 is 0 Å². The first-order valence-corrected chi connectivity index (χ1v) is 7.69. The molecular formula is C15H24N4O3. The first kappa shape index (κ1) is 16.5. The molecule has 2 rings (SSSR count). The lowest BCUT2D eigenvalue weighted by molar-refractivity contribution is -0.137. The Hall–Kier alpha value is -1.89. The fourth-order valence-electron chi connectivity index (χ4n) is 2.54. The van der Waals surface area contributed by atoms with E-state index in [1.54, 1.807) is 24.9 Å². The molecule has 1 atom stereocenters. The summed E-state index contributed by atoms with van der Waals surface area (Å²) in [5.41, 5.74) is 0. The molecule has 7 heteroatoms. The van der Waals surface area contributed by atoms with Crippen LogP contribution in [0.4, 0.5) is 5.82 Å². The minimum Gasteiger partial charge on any atom is -0.360 e. The highest BCUT2D eigenvalue weighted by Crippen LogP contribution is 2.12. The maximum absolute atomic E-state index is 12.4. The van der Waals surface area contributed by atoms with Gasteiger partial charge in [0.15, 0.2) is 5.82 Å². The Morgan fingerprint density at radius 2 is 2.09 bits per heavy atom. The lowest BCUT2D eigenvalue weighted by Crippen LogP contribution is -2.49. The molecule has 0 bridgehead atoms. The summed E-state index contributed by atoms with van der Waals surface area (Å²) < 4.78 is 4.90. The van der Waals surface area contributed by atoms with Crippen molar-refractivity contribution in [2.45, 2.75) is 39.2 Å². The van der Waals surface area contributed by atoms with Gasteiger partial charge in [-0.2, -0.15) is 0 Å². The van der Waals surface area contributed by atoms with Gasteiger partial charge in [-0.3, -0.25) is 14.5 Å². The Balaban J connectivity index is 1.83. The van der Waals surface area contributed by atoms with Gasteiger partial charge < -0.3 is 14.7 Å². The monoisotopic (exact) mass is 308 g/mol. The number of hydrogen-bond acceptors (Lipinski definition) is 5. The zero-order chi connectivity index (χ0) is 16.1. The molecule has 1 saturated heterocycles. The van der Waals surface area contributed by atoms with Crippen LogP contribution in [0.25, 0.3) is 0 Å². The number of nitrogens with one attached hydrogen (secondary N) is 1. The van der Waals surface area contributed by atoms with Gasteiger partial charge in [0.25, 0.3) is 0 Å². The molecule has 0 aliphatic carbocycles. The number of rotatable bonds is 5. The summed E-state index contributed by atoms with van der Waals surface area (Å²) in [4.78, 5) is 28.0. The molecule has 1 unspecified atom stereocenters. The Morgan fingerprint density at radius 1 is 1.41 bits per heavy atom. The van der Waals surface area contributed by atoms with E-state index in [1.165, 1.54) is 6.42 Å². The number of carbonyl (C=O) groups is 2. The van der Waals surface area contributed by atoms with Crippen LogP contribution < -0.4 is 5.32 Å². The highest BCUT2D eigenvalue weighted by molar-refractivity contribution is 5.92. The van der Waals surface area contributed by atoms with Crippen LogP contribution in [0.3, 0.4) is 0 Å². The van der Waals surface area contributed by atoms with Crippen LogP contribution in [-0.4, -0.2) is 59.5 Å². The zero-order valence-electron chi connectivity index (χ0n) is 13.5. The van der Waals surface area contributed by atoms with E-state index in [-0.39, 0.29) is 24.4 Å². The standard InChI is InChI=1S/C15H24N4O3/c1-11-9-13(17-22-11)16-14(20)10-18(3)12(2)15(21)19-7-5-4-6-8-19/h9,12H,4-8,10H2,1-3H3,(H,16,17,20). The Kier molecular flexibility index (Phi) is 5.54. The molecule has 1 aromatic rings. The molecule has 1 aliphatic heterocycles. The van der Waals surface area contributed by atoms with Gasteiger partial charge in [0, 0.05) is 19.2 Å². The molecule has 1 fully saturated rings. The quantitative estimate of drug-likeness (QED) is 0.886. The average Bonchev–Trinajstić information content (AvgIpc) is 2.91. The summed E-state index contributed by atoms with van der Waals surface area (Å²) in [5.74, 6) is 0.907. The van der Waals surface area contributed by atoms with Gasteiger partial charge in [-0.05, 0) is 40.2 Å². The Labute approximate surface area is 130 Å². The van der Waals surface area contributed by atoms with Crippen LogP contribution >= 0.6 is 0 Å². The Bertz CT molecular complexity index is 523. The molecule has 1 N–H and O–H groups in total. The van der Waals surface area contributed by atoms with Crippen molar-refractivity contribution in [3.8, 4) is 0 Å². The van der Waals surface area contributed by atoms with E-state index in [9.17, 15) is 9.59 Å². The molecule has 7 nitrogen and oxygen atoms in total. The number of hydrogen-bond donors (Lipinski definition) is 1. The highest BCUT2D eigenvalue weighted by atomic mass is 16.5. The van der Waals surface area contributed by atoms with Crippen molar-refractivity contribution < 1.29 is 14.1 Å². The van der Waals surface area contributed by atoms with E-state index in [4.69, 9.17) is 4.52 Å². The number of carbonyl (C=O) groups excluding carboxylic acids is 2. The fourth-order valence-corrected chi connectivity index (χ4v) is 2.54. The minimum atomic E-state index is -0.317. The summed E-state index contributed by atoms with van der Waals surface area (Å²) >= 11 is 0. The molecule has 2 heterocycles. The third-order valence-corrected chi connectivity index (χ3v) is 3.97. The second-order valence-corrected chi connectivity index (χ2v) is 5.85. The second-order valence-electron chi connectivity index (χ2n) is 5.85. The van der Waals surface area contributed by atoms with E-state index in [2.05, 4.69) is 10.5 Å². The lowest BCUT2D eigenvalue weighted by atomic mass is 10.1. The van der Waals surface area contributed by atoms with Crippen LogP contribution in [0.5, 0.6) is 0 Å². The third kappa shape index (κ3) is 4.30. The largest absolute Gasteiger partial charge is 0.360 e. The van der Waals surface area contributed by atoms with Gasteiger partial charge in [-0.25, -0.2) is 0 Å². The molecule has 1 aliphatic rings. The number of nitrogens with zero attached hydrogens (tertiary/aromatic N) is 3. The van der Waals surface area contributed by atoms with Gasteiger partial charge in [0.1, 0.15) is 5.76 Å². The maximum atomic E-state index is 12.4. The SMILES string of the molecule is Cc1cc(NC(=O)CN(C)C(C)C(=O)N2CCCCC2)no1. The molecule has 1 aromatic heterocycles. The smallest absolute Gasteiger partial charge is 0.239 e. The number of likely N-dealkylation sites (N-methyl/N-ethyl adjacent to an activating group) is 1. The molecule has 22 heavy (non-hydrogen) atoms. The van der Waals surface area contributed by atoms with Crippen molar-refractivity contribution in [1.29, 1.82) is 0 Å². The molecule has 2 amide bonds. The number of anilines is 1. The van der Waals surface area contributed by atoms with E-state index in [1.807, 2.05) is 11.8 Å². The van der Waals surface area contributed by atoms with E-state index in [0.717, 1.165) is 25.9 Å². The highest BCUT2D eigenvalue weighted by Gasteiger charge is 2.26. The van der Waals surface area contributed by atoms with Crippen LogP contribution in [0.15, 0.2) is 10.6 Å². The number of amides is 2. The molecule has 0 aromatic carbocycles. The topological polar surface area (TPSA) is 78.7 Å². The van der Waals surface area contributed by atoms with E-state index in [0.29, 0.717) is 11.6 Å². The van der Waals surface area contributed by atoms with Gasteiger partial charge in [-0.15, -0.1) is 0 Å². The molecule has 0 radical (unpaired) electrons. The number of piperidine rings is 1. The van der Waals surface area contributed by atoms with Crippen LogP contribution in [0.2, 0.25) is 0 Å². The summed E-state index contributed by atoms with van der Waals surface area (Å²) in [7, 11) is 1.78. The van der Waals surface area contributed by atoms with Crippen molar-refractivity contribution in [3.05, 3.63) is 11.8 Å². The molecule has 122 valence electrons. The Morgan fingerprint density at radius 3 is 2.68 bits per heavy atom. The predicted octanol–water partition coefficient (Wildman–Crippen LogP) is 1.25. The zero-order valence-corrected chi connectivity index (χ0v) is 13.5. The van der Waals surface area contributed by atoms with Crippen LogP contribution in [0, 0.1) is 6.92 Å². The summed E-state index contributed by atoms with van der Waals surface area (Å²) in [6, 6.07) is 1.34. The van der Waals surface area contributed by atoms with Crippen molar-refractivity contribution in [2.24, 2.45) is 0 Å². The predicted molar refractivity (Wildman–Crippen MR) is 82.4 cm³/mol. The van der Waals surface area contributed by atoms with Crippen molar-refractivity contribution in [2.75, 3.05) is 32.0 Å². The summed E-state index contributed by atoms with van der Waals surface area (Å²) in [5, 5.41) is 6.37. The first-order valence-electron chi connectivity index (χ1n) is 7.69. The van der Waals surface area contributed by atoms with Gasteiger partial charge in [0.2, 0.25) is 11.8 Å². The third-order valence-electron chi connectivity index (χ3n) is 3.97. The van der Waals surface area contributed by atoms with E-state index < -0.39 is 0 Å². The van der Waals surface area contributed by atoms with Gasteiger partial charge in [0.05, 0.1) is 12.6 Å². The summed E-state index contributed by atoms with van der Waals surface area (Å²) in [6.07, 6.45) is 3.32. The fraction of sp³-hybridized carbons (Fsp3) is 0.667. The molecule has 0 saturated carbocycles. The first-order chi connectivity index (χ1) is 10.5. The minimum absolute atomic E-state index is 0.0901. The van der Waals surface area contributed by atoms with Crippen molar-refractivity contribution in [3.63, 3.8) is 0 Å². The van der Waals surface area contributed by atoms with E-state index >= 15 is 0 Å². The van der Waals surface area contributed by atoms with Crippen molar-refractivity contribution in [1.82, 2.24) is 15.0 Å². The number of aromatic nitrogens is 1. The van der Waals surface area contributed by atoms with Crippen molar-refractivity contribution >= 4 is 17.6 Å². The normalized spacial score (nSPS) is 16.6. The number of aryl methyl sites for hydroxylation is 1. The summed E-state index contributed by atoms with van der Waals surface area (Å²) in [6.45, 7) is 5.37. The number of likely N-dealkylation sites (tertiary alicyclic amines) is 1. The second kappa shape index (κ2) is 7.40. The van der Waals surface area contributed by atoms with Crippen LogP contribution in [0.1, 0.15) is 31.9 Å².